The zero-order chi connectivity index (χ0) is 15.7. The Morgan fingerprint density at radius 1 is 1.50 bits per heavy atom. The van der Waals surface area contributed by atoms with Crippen LogP contribution >= 0.6 is 0 Å². The van der Waals surface area contributed by atoms with Gasteiger partial charge in [-0.15, -0.1) is 0 Å². The normalized spacial score (nSPS) is 29.1. The van der Waals surface area contributed by atoms with E-state index in [-0.39, 0.29) is 5.92 Å². The standard InChI is InChI=1S/C15H24N4O3/c1-11-13(17-10-16-11)7-19-6-12-5-18(3-4-22-2)8-15(12,9-19)14(20)21/h10,12H,3-9H2,1-2H3,(H,16,17)(H,20,21)/t12-,15-/m1/s1. The van der Waals surface area contributed by atoms with Gasteiger partial charge in [-0.05, 0) is 6.92 Å². The van der Waals surface area contributed by atoms with Gasteiger partial charge in [0.2, 0.25) is 0 Å². The number of nitrogens with one attached hydrogen (secondary N) is 1. The van der Waals surface area contributed by atoms with Gasteiger partial charge in [0.15, 0.2) is 0 Å². The smallest absolute Gasteiger partial charge is 0.312 e. The van der Waals surface area contributed by atoms with E-state index >= 15 is 0 Å². The zero-order valence-corrected chi connectivity index (χ0v) is 13.2. The number of carbonyl (C=O) groups is 1. The van der Waals surface area contributed by atoms with Gasteiger partial charge in [0.25, 0.3) is 0 Å². The van der Waals surface area contributed by atoms with Crippen LogP contribution in [0.1, 0.15) is 11.4 Å². The van der Waals surface area contributed by atoms with Crippen molar-refractivity contribution < 1.29 is 14.6 Å². The second-order valence-corrected chi connectivity index (χ2v) is 6.53. The first-order valence-electron chi connectivity index (χ1n) is 7.71. The van der Waals surface area contributed by atoms with Gasteiger partial charge in [-0.2, -0.15) is 0 Å². The number of imidazole rings is 1. The number of ether oxygens (including phenoxy) is 1. The number of carboxylic acids is 1. The van der Waals surface area contributed by atoms with E-state index in [1.807, 2.05) is 6.92 Å². The summed E-state index contributed by atoms with van der Waals surface area (Å²) in [6, 6.07) is 0. The van der Waals surface area contributed by atoms with E-state index < -0.39 is 11.4 Å². The summed E-state index contributed by atoms with van der Waals surface area (Å²) in [5, 5.41) is 9.81. The Labute approximate surface area is 130 Å². The average Bonchev–Trinajstić information content (AvgIpc) is 3.10. The van der Waals surface area contributed by atoms with Crippen LogP contribution in [-0.2, 0) is 16.1 Å². The molecule has 1 aromatic heterocycles. The largest absolute Gasteiger partial charge is 0.481 e. The number of H-pyrrole nitrogens is 1. The molecule has 0 spiro atoms. The lowest BCUT2D eigenvalue weighted by Crippen LogP contribution is -2.41. The predicted octanol–water partition coefficient (Wildman–Crippen LogP) is 0.183. The minimum absolute atomic E-state index is 0.182. The number of aromatic amines is 1. The third kappa shape index (κ3) is 2.64. The van der Waals surface area contributed by atoms with Gasteiger partial charge in [-0.1, -0.05) is 0 Å². The molecule has 7 heteroatoms. The van der Waals surface area contributed by atoms with Gasteiger partial charge in [-0.25, -0.2) is 4.98 Å². The van der Waals surface area contributed by atoms with Gasteiger partial charge in [-0.3, -0.25) is 14.6 Å². The summed E-state index contributed by atoms with van der Waals surface area (Å²) in [6.07, 6.45) is 1.70. The number of rotatable bonds is 6. The summed E-state index contributed by atoms with van der Waals surface area (Å²) in [5.74, 6) is -0.486. The van der Waals surface area contributed by atoms with Crippen LogP contribution in [0.15, 0.2) is 6.33 Å². The quantitative estimate of drug-likeness (QED) is 0.780. The van der Waals surface area contributed by atoms with E-state index in [2.05, 4.69) is 19.8 Å². The second kappa shape index (κ2) is 5.98. The lowest BCUT2D eigenvalue weighted by atomic mass is 9.81. The molecule has 0 amide bonds. The number of aryl methyl sites for hydroxylation is 1. The van der Waals surface area contributed by atoms with Gasteiger partial charge < -0.3 is 14.8 Å². The number of hydrogen-bond acceptors (Lipinski definition) is 5. The van der Waals surface area contributed by atoms with Gasteiger partial charge in [0, 0.05) is 58.0 Å². The molecule has 7 nitrogen and oxygen atoms in total. The van der Waals surface area contributed by atoms with E-state index in [1.165, 1.54) is 0 Å². The van der Waals surface area contributed by atoms with Crippen LogP contribution in [0.5, 0.6) is 0 Å². The Morgan fingerprint density at radius 2 is 2.23 bits per heavy atom. The number of nitrogens with zero attached hydrogens (tertiary/aromatic N) is 3. The molecule has 0 bridgehead atoms. The Kier molecular flexibility index (Phi) is 4.20. The van der Waals surface area contributed by atoms with Crippen molar-refractivity contribution in [2.24, 2.45) is 11.3 Å². The van der Waals surface area contributed by atoms with Crippen LogP contribution in [0, 0.1) is 18.3 Å². The van der Waals surface area contributed by atoms with E-state index in [0.717, 1.165) is 37.6 Å². The fourth-order valence-corrected chi connectivity index (χ4v) is 3.85. The molecule has 0 aromatic carbocycles. The van der Waals surface area contributed by atoms with Crippen molar-refractivity contribution in [2.45, 2.75) is 13.5 Å². The highest BCUT2D eigenvalue weighted by Gasteiger charge is 2.57. The molecular weight excluding hydrogens is 284 g/mol. The first-order chi connectivity index (χ1) is 10.5. The highest BCUT2D eigenvalue weighted by Crippen LogP contribution is 2.43. The summed E-state index contributed by atoms with van der Waals surface area (Å²) in [5.41, 5.74) is 1.43. The van der Waals surface area contributed by atoms with Crippen LogP contribution in [0.4, 0.5) is 0 Å². The van der Waals surface area contributed by atoms with Crippen LogP contribution in [0.2, 0.25) is 0 Å². The molecule has 22 heavy (non-hydrogen) atoms. The molecule has 2 aliphatic heterocycles. The summed E-state index contributed by atoms with van der Waals surface area (Å²) >= 11 is 0. The van der Waals surface area contributed by atoms with Crippen molar-refractivity contribution in [3.8, 4) is 0 Å². The summed E-state index contributed by atoms with van der Waals surface area (Å²) in [6.45, 7) is 7.06. The number of methoxy groups -OCH3 is 1. The maximum absolute atomic E-state index is 11.9. The van der Waals surface area contributed by atoms with Crippen molar-refractivity contribution in [3.05, 3.63) is 17.7 Å². The highest BCUT2D eigenvalue weighted by atomic mass is 16.5. The highest BCUT2D eigenvalue weighted by molar-refractivity contribution is 5.77. The molecule has 2 atom stereocenters. The summed E-state index contributed by atoms with van der Waals surface area (Å²) in [7, 11) is 1.68. The minimum atomic E-state index is -0.668. The number of carboxylic acid groups (broad SMARTS) is 1. The maximum Gasteiger partial charge on any atom is 0.312 e. The minimum Gasteiger partial charge on any atom is -0.481 e. The number of hydrogen-bond donors (Lipinski definition) is 2. The van der Waals surface area contributed by atoms with E-state index in [0.29, 0.717) is 19.7 Å². The topological polar surface area (TPSA) is 81.7 Å². The average molecular weight is 308 g/mol. The number of fused-ring (bicyclic) bond motifs is 1. The van der Waals surface area contributed by atoms with Gasteiger partial charge in [0.1, 0.15) is 0 Å². The Hall–Kier alpha value is -1.44. The molecule has 2 N–H and O–H groups in total. The van der Waals surface area contributed by atoms with E-state index in [9.17, 15) is 9.90 Å². The SMILES string of the molecule is COCCN1C[C@@H]2CN(Cc3nc[nH]c3C)C[C@]2(C(=O)O)C1. The first kappa shape index (κ1) is 15.5. The molecule has 2 fully saturated rings. The van der Waals surface area contributed by atoms with Crippen molar-refractivity contribution in [2.75, 3.05) is 46.4 Å². The molecule has 0 aliphatic carbocycles. The molecule has 0 unspecified atom stereocenters. The molecule has 0 saturated carbocycles. The van der Waals surface area contributed by atoms with Crippen molar-refractivity contribution in [1.82, 2.24) is 19.8 Å². The van der Waals surface area contributed by atoms with E-state index in [1.54, 1.807) is 13.4 Å². The number of aromatic nitrogens is 2. The first-order valence-corrected chi connectivity index (χ1v) is 7.71. The number of aliphatic carboxylic acids is 1. The van der Waals surface area contributed by atoms with Crippen molar-refractivity contribution in [1.29, 1.82) is 0 Å². The van der Waals surface area contributed by atoms with Crippen LogP contribution in [0.3, 0.4) is 0 Å². The zero-order valence-electron chi connectivity index (χ0n) is 13.2. The van der Waals surface area contributed by atoms with Gasteiger partial charge in [0.05, 0.1) is 24.0 Å². The molecule has 2 aliphatic rings. The summed E-state index contributed by atoms with van der Waals surface area (Å²) < 4.78 is 5.11. The Morgan fingerprint density at radius 3 is 2.82 bits per heavy atom. The monoisotopic (exact) mass is 308 g/mol. The van der Waals surface area contributed by atoms with Crippen LogP contribution in [-0.4, -0.2) is 77.3 Å². The third-order valence-corrected chi connectivity index (χ3v) is 5.10. The van der Waals surface area contributed by atoms with Crippen LogP contribution < -0.4 is 0 Å². The van der Waals surface area contributed by atoms with Crippen molar-refractivity contribution in [3.63, 3.8) is 0 Å². The molecular formula is C15H24N4O3. The molecule has 2 saturated heterocycles. The van der Waals surface area contributed by atoms with Crippen molar-refractivity contribution >= 4 is 5.97 Å². The third-order valence-electron chi connectivity index (χ3n) is 5.10. The maximum atomic E-state index is 11.9. The Balaban J connectivity index is 1.68. The lowest BCUT2D eigenvalue weighted by Gasteiger charge is -2.25. The number of likely N-dealkylation sites (tertiary alicyclic amines) is 2. The fraction of sp³-hybridized carbons (Fsp3) is 0.733. The lowest BCUT2D eigenvalue weighted by molar-refractivity contribution is -0.149. The molecule has 0 radical (unpaired) electrons. The molecule has 1 aromatic rings. The summed E-state index contributed by atoms with van der Waals surface area (Å²) in [4.78, 5) is 23.8. The molecule has 3 heterocycles. The fourth-order valence-electron chi connectivity index (χ4n) is 3.85. The van der Waals surface area contributed by atoms with Gasteiger partial charge >= 0.3 is 5.97 Å². The Bertz CT molecular complexity index is 547. The second-order valence-electron chi connectivity index (χ2n) is 6.53. The molecule has 3 rings (SSSR count). The van der Waals surface area contributed by atoms with Crippen LogP contribution in [0.25, 0.3) is 0 Å². The predicted molar refractivity (Wildman–Crippen MR) is 80.5 cm³/mol. The molecule has 122 valence electrons. The van der Waals surface area contributed by atoms with E-state index in [4.69, 9.17) is 4.74 Å².